The Balaban J connectivity index is 2.12. The number of allylic oxidation sites excluding steroid dienone is 3. The van der Waals surface area contributed by atoms with E-state index in [1.807, 2.05) is 13.0 Å². The predicted octanol–water partition coefficient (Wildman–Crippen LogP) is 6.56. The summed E-state index contributed by atoms with van der Waals surface area (Å²) in [5, 5.41) is 13.2. The SMILES string of the molecule is C=C(/C=C1/CCC(CC)N(C(C)C)/C1=C/C)N=Nc1nnc(C(=O)OC(F)(F)C(F)(F)F)s1. The molecule has 0 aromatic carbocycles. The molecule has 7 nitrogen and oxygen atoms in total. The van der Waals surface area contributed by atoms with Crippen LogP contribution in [0.5, 0.6) is 0 Å². The number of halogens is 5. The van der Waals surface area contributed by atoms with Gasteiger partial charge in [-0.25, -0.2) is 4.79 Å². The highest BCUT2D eigenvalue weighted by atomic mass is 32.1. The fourth-order valence-corrected chi connectivity index (χ4v) is 3.97. The molecule has 1 fully saturated rings. The summed E-state index contributed by atoms with van der Waals surface area (Å²) >= 11 is 0.354. The molecule has 0 spiro atoms. The van der Waals surface area contributed by atoms with Crippen LogP contribution < -0.4 is 0 Å². The van der Waals surface area contributed by atoms with Gasteiger partial charge in [-0.15, -0.1) is 20.4 Å². The van der Waals surface area contributed by atoms with Gasteiger partial charge >= 0.3 is 18.3 Å². The first kappa shape index (κ1) is 26.6. The minimum atomic E-state index is -6.05. The van der Waals surface area contributed by atoms with Crippen LogP contribution in [-0.4, -0.2) is 45.4 Å². The number of hydrogen-bond donors (Lipinski definition) is 0. The molecule has 1 unspecified atom stereocenters. The minimum absolute atomic E-state index is 0.235. The molecule has 0 N–H and O–H groups in total. The van der Waals surface area contributed by atoms with Crippen LogP contribution in [0.3, 0.4) is 0 Å². The molecule has 1 aliphatic heterocycles. The molecule has 0 saturated carbocycles. The number of piperidine rings is 1. The number of carbonyl (C=O) groups excluding carboxylic acids is 1. The third kappa shape index (κ3) is 6.42. The molecule has 0 aliphatic carbocycles. The van der Waals surface area contributed by atoms with Gasteiger partial charge in [-0.2, -0.15) is 22.0 Å². The Kier molecular flexibility index (Phi) is 8.44. The van der Waals surface area contributed by atoms with Crippen molar-refractivity contribution >= 4 is 22.4 Å². The number of aromatic nitrogens is 2. The van der Waals surface area contributed by atoms with Crippen molar-refractivity contribution in [3.05, 3.63) is 40.7 Å². The van der Waals surface area contributed by atoms with Gasteiger partial charge in [-0.1, -0.05) is 30.9 Å². The highest BCUT2D eigenvalue weighted by Crippen LogP contribution is 2.37. The number of hydrogen-bond acceptors (Lipinski definition) is 8. The number of rotatable bonds is 7. The Morgan fingerprint density at radius 1 is 1.33 bits per heavy atom. The maximum Gasteiger partial charge on any atom is 0.501 e. The second kappa shape index (κ2) is 10.5. The summed E-state index contributed by atoms with van der Waals surface area (Å²) in [5.74, 6) is -1.98. The number of alkyl halides is 5. The van der Waals surface area contributed by atoms with Crippen molar-refractivity contribution in [2.45, 2.75) is 71.3 Å². The van der Waals surface area contributed by atoms with Crippen molar-refractivity contribution in [2.75, 3.05) is 0 Å². The van der Waals surface area contributed by atoms with Crippen molar-refractivity contribution in [1.29, 1.82) is 0 Å². The number of ether oxygens (including phenoxy) is 1. The number of nitrogens with zero attached hydrogens (tertiary/aromatic N) is 5. The summed E-state index contributed by atoms with van der Waals surface area (Å²) < 4.78 is 65.4. The molecule has 182 valence electrons. The van der Waals surface area contributed by atoms with Gasteiger partial charge in [-0.3, -0.25) is 0 Å². The average Bonchev–Trinajstić information content (AvgIpc) is 3.20. The standard InChI is InChI=1S/C20H24F5N5O2S/c1-6-14-9-8-13(15(7-2)30(14)11(3)4)10-12(5)26-28-18-29-27-16(33-18)17(31)32-20(24,25)19(21,22)23/h7,10-11,14H,5-6,8-9H2,1-4H3/b13-10-,15-7+,28-26?. The Morgan fingerprint density at radius 2 is 2.00 bits per heavy atom. The Labute approximate surface area is 191 Å². The monoisotopic (exact) mass is 493 g/mol. The third-order valence-corrected chi connectivity index (χ3v) is 5.58. The maximum atomic E-state index is 12.9. The molecule has 2 rings (SSSR count). The quantitative estimate of drug-likeness (QED) is 0.244. The van der Waals surface area contributed by atoms with E-state index >= 15 is 0 Å². The van der Waals surface area contributed by atoms with Gasteiger partial charge < -0.3 is 9.64 Å². The van der Waals surface area contributed by atoms with E-state index in [4.69, 9.17) is 0 Å². The molecule has 13 heteroatoms. The number of azo groups is 1. The van der Waals surface area contributed by atoms with Crippen molar-refractivity contribution in [3.8, 4) is 0 Å². The van der Waals surface area contributed by atoms with E-state index in [0.717, 1.165) is 30.5 Å². The van der Waals surface area contributed by atoms with Crippen molar-refractivity contribution in [2.24, 2.45) is 10.2 Å². The zero-order chi connectivity index (χ0) is 25.0. The van der Waals surface area contributed by atoms with E-state index in [1.165, 1.54) is 0 Å². The van der Waals surface area contributed by atoms with Gasteiger partial charge in [-0.05, 0) is 51.7 Å². The van der Waals surface area contributed by atoms with Crippen molar-refractivity contribution < 1.29 is 31.5 Å². The van der Waals surface area contributed by atoms with E-state index in [1.54, 1.807) is 6.08 Å². The van der Waals surface area contributed by atoms with Gasteiger partial charge in [0, 0.05) is 17.8 Å². The molecular formula is C20H24F5N5O2S. The van der Waals surface area contributed by atoms with Crippen LogP contribution in [0.1, 0.15) is 56.8 Å². The molecule has 0 amide bonds. The normalized spacial score (nSPS) is 20.3. The first-order valence-electron chi connectivity index (χ1n) is 10.1. The lowest BCUT2D eigenvalue weighted by atomic mass is 9.91. The van der Waals surface area contributed by atoms with E-state index in [2.05, 4.69) is 57.4 Å². The molecule has 1 aliphatic rings. The molecule has 1 atom stereocenters. The highest BCUT2D eigenvalue weighted by molar-refractivity contribution is 7.16. The third-order valence-electron chi connectivity index (χ3n) is 4.79. The average molecular weight is 494 g/mol. The zero-order valence-electron chi connectivity index (χ0n) is 18.5. The van der Waals surface area contributed by atoms with Crippen molar-refractivity contribution in [3.63, 3.8) is 0 Å². The van der Waals surface area contributed by atoms with Crippen LogP contribution in [0, 0.1) is 0 Å². The van der Waals surface area contributed by atoms with Gasteiger partial charge in [0.15, 0.2) is 0 Å². The van der Waals surface area contributed by atoms with E-state index in [0.29, 0.717) is 23.4 Å². The molecular weight excluding hydrogens is 469 g/mol. The summed E-state index contributed by atoms with van der Waals surface area (Å²) in [7, 11) is 0. The Bertz CT molecular complexity index is 968. The highest BCUT2D eigenvalue weighted by Gasteiger charge is 2.62. The van der Waals surface area contributed by atoms with Gasteiger partial charge in [0.05, 0.1) is 5.70 Å². The Hall–Kier alpha value is -2.70. The summed E-state index contributed by atoms with van der Waals surface area (Å²) in [5.41, 5.74) is 2.37. The lowest BCUT2D eigenvalue weighted by Crippen LogP contribution is -2.42. The largest absolute Gasteiger partial charge is 0.501 e. The van der Waals surface area contributed by atoms with Crippen LogP contribution in [-0.2, 0) is 4.74 Å². The fourth-order valence-electron chi connectivity index (χ4n) is 3.43. The summed E-state index contributed by atoms with van der Waals surface area (Å²) in [4.78, 5) is 13.9. The van der Waals surface area contributed by atoms with Crippen LogP contribution in [0.4, 0.5) is 27.1 Å². The van der Waals surface area contributed by atoms with Crippen LogP contribution >= 0.6 is 11.3 Å². The van der Waals surface area contributed by atoms with E-state index in [-0.39, 0.29) is 10.8 Å². The second-order valence-electron chi connectivity index (χ2n) is 7.43. The molecule has 1 saturated heterocycles. The van der Waals surface area contributed by atoms with Gasteiger partial charge in [0.1, 0.15) is 0 Å². The Morgan fingerprint density at radius 3 is 2.55 bits per heavy atom. The van der Waals surface area contributed by atoms with Crippen LogP contribution in [0.25, 0.3) is 0 Å². The van der Waals surface area contributed by atoms with E-state index in [9.17, 15) is 26.7 Å². The smallest absolute Gasteiger partial charge is 0.388 e. The maximum absolute atomic E-state index is 12.9. The van der Waals surface area contributed by atoms with Crippen molar-refractivity contribution in [1.82, 2.24) is 15.1 Å². The topological polar surface area (TPSA) is 80.0 Å². The minimum Gasteiger partial charge on any atom is -0.388 e. The lowest BCUT2D eigenvalue weighted by molar-refractivity contribution is -0.370. The zero-order valence-corrected chi connectivity index (χ0v) is 19.3. The van der Waals surface area contributed by atoms with Crippen LogP contribution in [0.15, 0.2) is 45.9 Å². The number of esters is 1. The lowest BCUT2D eigenvalue weighted by Gasteiger charge is -2.43. The molecule has 0 bridgehead atoms. The summed E-state index contributed by atoms with van der Waals surface area (Å²) in [6.07, 6.45) is -5.11. The molecule has 1 aromatic rings. The first-order chi connectivity index (χ1) is 15.3. The first-order valence-corrected chi connectivity index (χ1v) is 10.9. The van der Waals surface area contributed by atoms with Crippen LogP contribution in [0.2, 0.25) is 0 Å². The molecule has 0 radical (unpaired) electrons. The molecule has 1 aromatic heterocycles. The summed E-state index contributed by atoms with van der Waals surface area (Å²) in [6, 6.07) is 0.719. The van der Waals surface area contributed by atoms with Gasteiger partial charge in [0.25, 0.3) is 5.13 Å². The molecule has 2 heterocycles. The molecule has 33 heavy (non-hydrogen) atoms. The number of carbonyl (C=O) groups is 1. The fraction of sp³-hybridized carbons (Fsp3) is 0.550. The summed E-state index contributed by atoms with van der Waals surface area (Å²) in [6.45, 7) is 12.1. The second-order valence-corrected chi connectivity index (χ2v) is 8.39. The van der Waals surface area contributed by atoms with E-state index < -0.39 is 23.3 Å². The predicted molar refractivity (Wildman–Crippen MR) is 112 cm³/mol. The van der Waals surface area contributed by atoms with Gasteiger partial charge in [0.2, 0.25) is 5.01 Å². The number of likely N-dealkylation sites (tertiary alicyclic amines) is 1.